The lowest BCUT2D eigenvalue weighted by atomic mass is 10.1. The van der Waals surface area contributed by atoms with Gasteiger partial charge in [0.05, 0.1) is 14.2 Å². The van der Waals surface area contributed by atoms with Crippen LogP contribution in [-0.4, -0.2) is 20.3 Å². The fourth-order valence-corrected chi connectivity index (χ4v) is 1.81. The first-order chi connectivity index (χ1) is 8.12. The highest BCUT2D eigenvalue weighted by atomic mass is 16.5. The van der Waals surface area contributed by atoms with Gasteiger partial charge in [-0.15, -0.1) is 0 Å². The van der Waals surface area contributed by atoms with Gasteiger partial charge in [-0.3, -0.25) is 0 Å². The lowest BCUT2D eigenvalue weighted by Crippen LogP contribution is -2.28. The molecule has 0 aromatic heterocycles. The maximum Gasteiger partial charge on any atom is 0.127 e. The van der Waals surface area contributed by atoms with Crippen molar-refractivity contribution < 1.29 is 9.47 Å². The van der Waals surface area contributed by atoms with E-state index in [1.165, 1.54) is 0 Å². The average molecular weight is 237 g/mol. The van der Waals surface area contributed by atoms with Crippen LogP contribution in [0.25, 0.3) is 0 Å². The predicted molar refractivity (Wildman–Crippen MR) is 70.8 cm³/mol. The van der Waals surface area contributed by atoms with Crippen LogP contribution >= 0.6 is 0 Å². The number of hydrogen-bond acceptors (Lipinski definition) is 3. The molecule has 3 heteroatoms. The largest absolute Gasteiger partial charge is 0.497 e. The molecule has 17 heavy (non-hydrogen) atoms. The second-order valence-electron chi connectivity index (χ2n) is 4.31. The molecule has 1 aromatic carbocycles. The van der Waals surface area contributed by atoms with Crippen LogP contribution in [0.3, 0.4) is 0 Å². The molecule has 0 bridgehead atoms. The standard InChI is InChI=1S/C14H23NO2/c1-6-10(2)15-11(3)13-8-7-12(16-4)9-14(13)17-5/h7-11,15H,6H2,1-5H3. The summed E-state index contributed by atoms with van der Waals surface area (Å²) < 4.78 is 10.6. The second kappa shape index (κ2) is 6.50. The molecule has 0 aliphatic heterocycles. The molecule has 0 fully saturated rings. The van der Waals surface area contributed by atoms with E-state index in [-0.39, 0.29) is 6.04 Å². The Morgan fingerprint density at radius 1 is 1.18 bits per heavy atom. The molecular weight excluding hydrogens is 214 g/mol. The molecule has 0 saturated heterocycles. The van der Waals surface area contributed by atoms with Crippen molar-refractivity contribution in [3.05, 3.63) is 23.8 Å². The van der Waals surface area contributed by atoms with Crippen LogP contribution in [0, 0.1) is 0 Å². The number of ether oxygens (including phenoxy) is 2. The van der Waals surface area contributed by atoms with Crippen LogP contribution in [0.4, 0.5) is 0 Å². The van der Waals surface area contributed by atoms with Gasteiger partial charge in [0.15, 0.2) is 0 Å². The highest BCUT2D eigenvalue weighted by molar-refractivity contribution is 5.42. The summed E-state index contributed by atoms with van der Waals surface area (Å²) in [6.07, 6.45) is 1.11. The van der Waals surface area contributed by atoms with E-state index in [0.29, 0.717) is 6.04 Å². The van der Waals surface area contributed by atoms with Gasteiger partial charge in [-0.05, 0) is 26.3 Å². The Balaban J connectivity index is 2.88. The van der Waals surface area contributed by atoms with Crippen molar-refractivity contribution in [2.24, 2.45) is 0 Å². The summed E-state index contributed by atoms with van der Waals surface area (Å²) in [4.78, 5) is 0. The molecule has 2 unspecified atom stereocenters. The van der Waals surface area contributed by atoms with Gasteiger partial charge in [-0.25, -0.2) is 0 Å². The Kier molecular flexibility index (Phi) is 5.29. The molecule has 1 aromatic rings. The number of benzene rings is 1. The molecule has 96 valence electrons. The van der Waals surface area contributed by atoms with Crippen LogP contribution in [-0.2, 0) is 0 Å². The van der Waals surface area contributed by atoms with Crippen molar-refractivity contribution in [1.82, 2.24) is 5.32 Å². The van der Waals surface area contributed by atoms with Crippen molar-refractivity contribution >= 4 is 0 Å². The highest BCUT2D eigenvalue weighted by Crippen LogP contribution is 2.29. The fourth-order valence-electron chi connectivity index (χ4n) is 1.81. The minimum Gasteiger partial charge on any atom is -0.497 e. The molecule has 1 rings (SSSR count). The molecule has 0 radical (unpaired) electrons. The maximum atomic E-state index is 5.40. The summed E-state index contributed by atoms with van der Waals surface area (Å²) in [5, 5.41) is 3.54. The van der Waals surface area contributed by atoms with Crippen molar-refractivity contribution in [3.63, 3.8) is 0 Å². The summed E-state index contributed by atoms with van der Waals surface area (Å²) in [5.41, 5.74) is 1.16. The van der Waals surface area contributed by atoms with Gasteiger partial charge in [0.1, 0.15) is 11.5 Å². The predicted octanol–water partition coefficient (Wildman–Crippen LogP) is 3.15. The van der Waals surface area contributed by atoms with Crippen LogP contribution in [0.15, 0.2) is 18.2 Å². The quantitative estimate of drug-likeness (QED) is 0.824. The second-order valence-corrected chi connectivity index (χ2v) is 4.31. The fraction of sp³-hybridized carbons (Fsp3) is 0.571. The number of nitrogens with one attached hydrogen (secondary N) is 1. The third-order valence-electron chi connectivity index (χ3n) is 3.05. The zero-order chi connectivity index (χ0) is 12.8. The number of rotatable bonds is 6. The Labute approximate surface area is 104 Å². The molecule has 0 saturated carbocycles. The smallest absolute Gasteiger partial charge is 0.127 e. The lowest BCUT2D eigenvalue weighted by molar-refractivity contribution is 0.381. The van der Waals surface area contributed by atoms with Crippen molar-refractivity contribution in [3.8, 4) is 11.5 Å². The molecule has 2 atom stereocenters. The maximum absolute atomic E-state index is 5.40. The van der Waals surface area contributed by atoms with E-state index in [4.69, 9.17) is 9.47 Å². The van der Waals surface area contributed by atoms with E-state index >= 15 is 0 Å². The Bertz CT molecular complexity index is 352. The third-order valence-corrected chi connectivity index (χ3v) is 3.05. The lowest BCUT2D eigenvalue weighted by Gasteiger charge is -2.21. The molecule has 0 heterocycles. The van der Waals surface area contributed by atoms with E-state index in [9.17, 15) is 0 Å². The van der Waals surface area contributed by atoms with Crippen molar-refractivity contribution in [1.29, 1.82) is 0 Å². The monoisotopic (exact) mass is 237 g/mol. The van der Waals surface area contributed by atoms with Crippen LogP contribution in [0.1, 0.15) is 38.8 Å². The SMILES string of the molecule is CCC(C)NC(C)c1ccc(OC)cc1OC. The van der Waals surface area contributed by atoms with Gasteiger partial charge in [-0.1, -0.05) is 13.0 Å². The van der Waals surface area contributed by atoms with Gasteiger partial charge in [0.25, 0.3) is 0 Å². The summed E-state index contributed by atoms with van der Waals surface area (Å²) in [6, 6.07) is 6.71. The van der Waals surface area contributed by atoms with Gasteiger partial charge in [0.2, 0.25) is 0 Å². The summed E-state index contributed by atoms with van der Waals surface area (Å²) in [6.45, 7) is 6.51. The van der Waals surface area contributed by atoms with E-state index in [1.54, 1.807) is 14.2 Å². The van der Waals surface area contributed by atoms with E-state index < -0.39 is 0 Å². The van der Waals surface area contributed by atoms with Crippen molar-refractivity contribution in [2.45, 2.75) is 39.3 Å². The molecule has 0 aliphatic carbocycles. The minimum atomic E-state index is 0.269. The first-order valence-corrected chi connectivity index (χ1v) is 6.10. The van der Waals surface area contributed by atoms with Crippen LogP contribution in [0.2, 0.25) is 0 Å². The normalized spacial score (nSPS) is 14.2. The van der Waals surface area contributed by atoms with E-state index in [0.717, 1.165) is 23.5 Å². The number of methoxy groups -OCH3 is 2. The molecule has 1 N–H and O–H groups in total. The van der Waals surface area contributed by atoms with E-state index in [2.05, 4.69) is 32.2 Å². The van der Waals surface area contributed by atoms with Gasteiger partial charge < -0.3 is 14.8 Å². The molecular formula is C14H23NO2. The van der Waals surface area contributed by atoms with Gasteiger partial charge >= 0.3 is 0 Å². The number of hydrogen-bond donors (Lipinski definition) is 1. The van der Waals surface area contributed by atoms with Gasteiger partial charge in [-0.2, -0.15) is 0 Å². The Hall–Kier alpha value is -1.22. The van der Waals surface area contributed by atoms with Gasteiger partial charge in [0, 0.05) is 23.7 Å². The Morgan fingerprint density at radius 3 is 2.41 bits per heavy atom. The first-order valence-electron chi connectivity index (χ1n) is 6.10. The summed E-state index contributed by atoms with van der Waals surface area (Å²) in [7, 11) is 3.35. The third kappa shape index (κ3) is 3.63. The van der Waals surface area contributed by atoms with Crippen molar-refractivity contribution in [2.75, 3.05) is 14.2 Å². The Morgan fingerprint density at radius 2 is 1.88 bits per heavy atom. The summed E-state index contributed by atoms with van der Waals surface area (Å²) in [5.74, 6) is 1.69. The molecule has 0 spiro atoms. The average Bonchev–Trinajstić information content (AvgIpc) is 2.37. The zero-order valence-corrected chi connectivity index (χ0v) is 11.4. The first kappa shape index (κ1) is 13.8. The van der Waals surface area contributed by atoms with E-state index in [1.807, 2.05) is 12.1 Å². The highest BCUT2D eigenvalue weighted by Gasteiger charge is 2.13. The zero-order valence-electron chi connectivity index (χ0n) is 11.4. The summed E-state index contributed by atoms with van der Waals surface area (Å²) >= 11 is 0. The molecule has 0 amide bonds. The van der Waals surface area contributed by atoms with Crippen LogP contribution in [0.5, 0.6) is 11.5 Å². The van der Waals surface area contributed by atoms with Crippen LogP contribution < -0.4 is 14.8 Å². The molecule has 0 aliphatic rings. The topological polar surface area (TPSA) is 30.5 Å². The minimum absolute atomic E-state index is 0.269. The molecule has 3 nitrogen and oxygen atoms in total.